The molecule has 0 aromatic heterocycles. The SMILES string of the molecule is CCc1ccc(N(C)CCNC2CCC(C)CC2)cc1. The average molecular weight is 274 g/mol. The maximum absolute atomic E-state index is 3.72. The Hall–Kier alpha value is -1.02. The van der Waals surface area contributed by atoms with Gasteiger partial charge in [0.05, 0.1) is 0 Å². The Morgan fingerprint density at radius 3 is 2.35 bits per heavy atom. The van der Waals surface area contributed by atoms with Crippen molar-refractivity contribution >= 4 is 5.69 Å². The summed E-state index contributed by atoms with van der Waals surface area (Å²) in [7, 11) is 2.19. The van der Waals surface area contributed by atoms with Gasteiger partial charge in [0, 0.05) is 31.9 Å². The number of aryl methyl sites for hydroxylation is 1. The monoisotopic (exact) mass is 274 g/mol. The summed E-state index contributed by atoms with van der Waals surface area (Å²) in [5.74, 6) is 0.938. The molecule has 2 heteroatoms. The Labute approximate surface area is 124 Å². The third-order valence-corrected chi connectivity index (χ3v) is 4.68. The Morgan fingerprint density at radius 1 is 1.10 bits per heavy atom. The van der Waals surface area contributed by atoms with Crippen molar-refractivity contribution in [1.82, 2.24) is 5.32 Å². The normalized spacial score (nSPS) is 22.8. The highest BCUT2D eigenvalue weighted by Crippen LogP contribution is 2.23. The molecule has 0 heterocycles. The first-order chi connectivity index (χ1) is 9.69. The third-order valence-electron chi connectivity index (χ3n) is 4.68. The largest absolute Gasteiger partial charge is 0.373 e. The highest BCUT2D eigenvalue weighted by molar-refractivity contribution is 5.46. The van der Waals surface area contributed by atoms with Crippen molar-refractivity contribution in [2.75, 3.05) is 25.0 Å². The molecular weight excluding hydrogens is 244 g/mol. The van der Waals surface area contributed by atoms with Gasteiger partial charge >= 0.3 is 0 Å². The summed E-state index contributed by atoms with van der Waals surface area (Å²) in [5, 5.41) is 3.72. The lowest BCUT2D eigenvalue weighted by atomic mass is 9.87. The highest BCUT2D eigenvalue weighted by Gasteiger charge is 2.17. The van der Waals surface area contributed by atoms with Gasteiger partial charge in [-0.15, -0.1) is 0 Å². The van der Waals surface area contributed by atoms with E-state index in [4.69, 9.17) is 0 Å². The first kappa shape index (κ1) is 15.4. The van der Waals surface area contributed by atoms with Gasteiger partial charge in [-0.05, 0) is 55.7 Å². The van der Waals surface area contributed by atoms with Gasteiger partial charge in [0.25, 0.3) is 0 Å². The van der Waals surface area contributed by atoms with E-state index in [9.17, 15) is 0 Å². The van der Waals surface area contributed by atoms with Crippen LogP contribution in [0.4, 0.5) is 5.69 Å². The number of rotatable bonds is 6. The molecule has 0 amide bonds. The number of nitrogens with zero attached hydrogens (tertiary/aromatic N) is 1. The van der Waals surface area contributed by atoms with Crippen molar-refractivity contribution in [2.24, 2.45) is 5.92 Å². The van der Waals surface area contributed by atoms with Crippen molar-refractivity contribution in [3.63, 3.8) is 0 Å². The summed E-state index contributed by atoms with van der Waals surface area (Å²) in [4.78, 5) is 2.35. The fraction of sp³-hybridized carbons (Fsp3) is 0.667. The zero-order valence-corrected chi connectivity index (χ0v) is 13.4. The van der Waals surface area contributed by atoms with Gasteiger partial charge in [0.15, 0.2) is 0 Å². The van der Waals surface area contributed by atoms with Crippen molar-refractivity contribution in [1.29, 1.82) is 0 Å². The van der Waals surface area contributed by atoms with Crippen LogP contribution in [-0.4, -0.2) is 26.2 Å². The van der Waals surface area contributed by atoms with E-state index >= 15 is 0 Å². The molecular formula is C18H30N2. The molecule has 1 N–H and O–H groups in total. The molecule has 0 saturated heterocycles. The third kappa shape index (κ3) is 4.52. The van der Waals surface area contributed by atoms with Gasteiger partial charge in [-0.2, -0.15) is 0 Å². The summed E-state index contributed by atoms with van der Waals surface area (Å²) in [6.45, 7) is 6.75. The van der Waals surface area contributed by atoms with E-state index in [1.54, 1.807) is 0 Å². The molecule has 0 atom stereocenters. The van der Waals surface area contributed by atoms with Crippen LogP contribution in [-0.2, 0) is 6.42 Å². The van der Waals surface area contributed by atoms with Crippen LogP contribution in [0.2, 0.25) is 0 Å². The van der Waals surface area contributed by atoms with Crippen LogP contribution in [0.1, 0.15) is 45.1 Å². The smallest absolute Gasteiger partial charge is 0.0364 e. The standard InChI is InChI=1S/C18H30N2/c1-4-16-7-11-18(12-8-16)20(3)14-13-19-17-9-5-15(2)6-10-17/h7-8,11-12,15,17,19H,4-6,9-10,13-14H2,1-3H3. The van der Waals surface area contributed by atoms with Gasteiger partial charge in [-0.25, -0.2) is 0 Å². The summed E-state index contributed by atoms with van der Waals surface area (Å²) >= 11 is 0. The van der Waals surface area contributed by atoms with Gasteiger partial charge in [-0.1, -0.05) is 26.0 Å². The molecule has 2 rings (SSSR count). The molecule has 1 fully saturated rings. The van der Waals surface area contributed by atoms with E-state index in [1.165, 1.54) is 36.9 Å². The number of benzene rings is 1. The van der Waals surface area contributed by atoms with Gasteiger partial charge in [0.1, 0.15) is 0 Å². The molecule has 0 radical (unpaired) electrons. The Balaban J connectivity index is 1.70. The molecule has 1 saturated carbocycles. The topological polar surface area (TPSA) is 15.3 Å². The minimum atomic E-state index is 0.752. The Kier molecular flexibility index (Phi) is 5.90. The molecule has 20 heavy (non-hydrogen) atoms. The Morgan fingerprint density at radius 2 is 1.75 bits per heavy atom. The summed E-state index contributed by atoms with van der Waals surface area (Å²) in [6.07, 6.45) is 6.62. The van der Waals surface area contributed by atoms with Gasteiger partial charge in [0.2, 0.25) is 0 Å². The van der Waals surface area contributed by atoms with Crippen LogP contribution in [0.25, 0.3) is 0 Å². The zero-order valence-electron chi connectivity index (χ0n) is 13.4. The van der Waals surface area contributed by atoms with Crippen LogP contribution >= 0.6 is 0 Å². The molecule has 112 valence electrons. The summed E-state index contributed by atoms with van der Waals surface area (Å²) in [6, 6.07) is 9.70. The molecule has 0 aliphatic heterocycles. The van der Waals surface area contributed by atoms with Crippen molar-refractivity contribution in [3.05, 3.63) is 29.8 Å². The number of hydrogen-bond acceptors (Lipinski definition) is 2. The van der Waals surface area contributed by atoms with Crippen LogP contribution < -0.4 is 10.2 Å². The first-order valence-electron chi connectivity index (χ1n) is 8.22. The van der Waals surface area contributed by atoms with Gasteiger partial charge < -0.3 is 10.2 Å². The van der Waals surface area contributed by atoms with E-state index in [0.29, 0.717) is 0 Å². The molecule has 1 aliphatic carbocycles. The van der Waals surface area contributed by atoms with E-state index < -0.39 is 0 Å². The fourth-order valence-electron chi connectivity index (χ4n) is 3.02. The second kappa shape index (κ2) is 7.68. The minimum Gasteiger partial charge on any atom is -0.373 e. The predicted octanol–water partition coefficient (Wildman–Crippen LogP) is 3.85. The maximum Gasteiger partial charge on any atom is 0.0364 e. The molecule has 0 unspecified atom stereocenters. The second-order valence-electron chi connectivity index (χ2n) is 6.35. The molecule has 1 aliphatic rings. The molecule has 2 nitrogen and oxygen atoms in total. The lowest BCUT2D eigenvalue weighted by Gasteiger charge is -2.28. The molecule has 1 aromatic carbocycles. The second-order valence-corrected chi connectivity index (χ2v) is 6.35. The van der Waals surface area contributed by atoms with Crippen molar-refractivity contribution in [2.45, 2.75) is 52.0 Å². The fourth-order valence-corrected chi connectivity index (χ4v) is 3.02. The Bertz CT molecular complexity index is 377. The number of likely N-dealkylation sites (N-methyl/N-ethyl adjacent to an activating group) is 1. The van der Waals surface area contributed by atoms with Crippen LogP contribution in [0.15, 0.2) is 24.3 Å². The quantitative estimate of drug-likeness (QED) is 0.847. The average Bonchev–Trinajstić information content (AvgIpc) is 2.49. The predicted molar refractivity (Wildman–Crippen MR) is 88.5 cm³/mol. The number of anilines is 1. The summed E-state index contributed by atoms with van der Waals surface area (Å²) < 4.78 is 0. The minimum absolute atomic E-state index is 0.752. The molecule has 0 spiro atoms. The number of nitrogens with one attached hydrogen (secondary N) is 1. The van der Waals surface area contributed by atoms with Crippen LogP contribution in [0.3, 0.4) is 0 Å². The zero-order chi connectivity index (χ0) is 14.4. The van der Waals surface area contributed by atoms with Crippen molar-refractivity contribution < 1.29 is 0 Å². The highest BCUT2D eigenvalue weighted by atomic mass is 15.1. The van der Waals surface area contributed by atoms with Gasteiger partial charge in [-0.3, -0.25) is 0 Å². The van der Waals surface area contributed by atoms with Crippen molar-refractivity contribution in [3.8, 4) is 0 Å². The molecule has 0 bridgehead atoms. The van der Waals surface area contributed by atoms with Crippen LogP contribution in [0, 0.1) is 5.92 Å². The maximum atomic E-state index is 3.72. The van der Waals surface area contributed by atoms with E-state index in [0.717, 1.165) is 31.5 Å². The van der Waals surface area contributed by atoms with E-state index in [-0.39, 0.29) is 0 Å². The summed E-state index contributed by atoms with van der Waals surface area (Å²) in [5.41, 5.74) is 2.73. The van der Waals surface area contributed by atoms with E-state index in [2.05, 4.69) is 55.4 Å². The lowest BCUT2D eigenvalue weighted by molar-refractivity contribution is 0.309. The van der Waals surface area contributed by atoms with E-state index in [1.807, 2.05) is 0 Å². The lowest BCUT2D eigenvalue weighted by Crippen LogP contribution is -2.37. The molecule has 1 aromatic rings. The number of hydrogen-bond donors (Lipinski definition) is 1. The van der Waals surface area contributed by atoms with Crippen LogP contribution in [0.5, 0.6) is 0 Å². The first-order valence-corrected chi connectivity index (χ1v) is 8.22.